The van der Waals surface area contributed by atoms with Gasteiger partial charge in [-0.3, -0.25) is 9.69 Å². The summed E-state index contributed by atoms with van der Waals surface area (Å²) in [6, 6.07) is 5.64. The van der Waals surface area contributed by atoms with Crippen LogP contribution in [0.15, 0.2) is 18.2 Å². The minimum Gasteiger partial charge on any atom is -0.323 e. The van der Waals surface area contributed by atoms with E-state index in [4.69, 9.17) is 11.6 Å². The Bertz CT molecular complexity index is 476. The summed E-state index contributed by atoms with van der Waals surface area (Å²) >= 11 is 6.20. The summed E-state index contributed by atoms with van der Waals surface area (Å²) < 4.78 is 0. The molecule has 1 saturated heterocycles. The normalized spacial score (nSPS) is 18.1. The van der Waals surface area contributed by atoms with Crippen LogP contribution in [0.25, 0.3) is 0 Å². The van der Waals surface area contributed by atoms with Crippen molar-refractivity contribution in [2.75, 3.05) is 32.5 Å². The quantitative estimate of drug-likeness (QED) is 0.899. The van der Waals surface area contributed by atoms with E-state index < -0.39 is 5.54 Å². The van der Waals surface area contributed by atoms with Crippen molar-refractivity contribution in [2.24, 2.45) is 0 Å². The Morgan fingerprint density at radius 3 is 2.55 bits per heavy atom. The fourth-order valence-corrected chi connectivity index (χ4v) is 3.01. The SMILES string of the molecule is Cc1cccc(Cl)c1NC(=O)C1(N(C)C)CCNCC1. The lowest BCUT2D eigenvalue weighted by atomic mass is 9.86. The summed E-state index contributed by atoms with van der Waals surface area (Å²) in [5.74, 6) is 0.0280. The van der Waals surface area contributed by atoms with Crippen LogP contribution in [0.3, 0.4) is 0 Å². The number of hydrogen-bond donors (Lipinski definition) is 2. The second-order valence-corrected chi connectivity index (χ2v) is 5.97. The van der Waals surface area contributed by atoms with Gasteiger partial charge in [-0.1, -0.05) is 23.7 Å². The Balaban J connectivity index is 2.25. The third kappa shape index (κ3) is 2.82. The molecule has 20 heavy (non-hydrogen) atoms. The summed E-state index contributed by atoms with van der Waals surface area (Å²) in [6.45, 7) is 3.66. The van der Waals surface area contributed by atoms with E-state index >= 15 is 0 Å². The number of nitrogens with one attached hydrogen (secondary N) is 2. The topological polar surface area (TPSA) is 44.4 Å². The standard InChI is InChI=1S/C15H22ClN3O/c1-11-5-4-6-12(16)13(11)18-14(20)15(19(2)3)7-9-17-10-8-15/h4-6,17H,7-10H2,1-3H3,(H,18,20). The number of halogens is 1. The number of nitrogens with zero attached hydrogens (tertiary/aromatic N) is 1. The molecule has 1 aromatic rings. The van der Waals surface area contributed by atoms with Crippen LogP contribution in [0.5, 0.6) is 0 Å². The number of aryl methyl sites for hydroxylation is 1. The number of carbonyl (C=O) groups is 1. The maximum atomic E-state index is 12.8. The van der Waals surface area contributed by atoms with Crippen molar-refractivity contribution in [2.45, 2.75) is 25.3 Å². The largest absolute Gasteiger partial charge is 0.323 e. The summed E-state index contributed by atoms with van der Waals surface area (Å²) in [5, 5.41) is 6.92. The monoisotopic (exact) mass is 295 g/mol. The van der Waals surface area contributed by atoms with Gasteiger partial charge in [-0.05, 0) is 58.6 Å². The minimum atomic E-state index is -0.461. The van der Waals surface area contributed by atoms with E-state index in [1.54, 1.807) is 6.07 Å². The number of amides is 1. The molecule has 0 saturated carbocycles. The van der Waals surface area contributed by atoms with E-state index in [0.717, 1.165) is 37.2 Å². The summed E-state index contributed by atoms with van der Waals surface area (Å²) in [6.07, 6.45) is 1.60. The predicted molar refractivity (Wildman–Crippen MR) is 83.3 cm³/mol. The number of benzene rings is 1. The molecule has 2 rings (SSSR count). The molecule has 1 aliphatic heterocycles. The molecule has 0 bridgehead atoms. The Morgan fingerprint density at radius 2 is 2.00 bits per heavy atom. The first kappa shape index (κ1) is 15.3. The maximum absolute atomic E-state index is 12.8. The van der Waals surface area contributed by atoms with Crippen LogP contribution in [0, 0.1) is 6.92 Å². The third-order valence-electron chi connectivity index (χ3n) is 4.17. The molecular weight excluding hydrogens is 274 g/mol. The average Bonchev–Trinajstić information content (AvgIpc) is 2.43. The zero-order chi connectivity index (χ0) is 14.8. The van der Waals surface area contributed by atoms with Gasteiger partial charge in [-0.15, -0.1) is 0 Å². The van der Waals surface area contributed by atoms with Crippen LogP contribution in [-0.4, -0.2) is 43.5 Å². The lowest BCUT2D eigenvalue weighted by Gasteiger charge is -2.41. The molecule has 1 aromatic carbocycles. The Kier molecular flexibility index (Phi) is 4.68. The molecule has 0 aromatic heterocycles. The molecule has 0 atom stereocenters. The molecule has 0 spiro atoms. The fraction of sp³-hybridized carbons (Fsp3) is 0.533. The van der Waals surface area contributed by atoms with E-state index in [-0.39, 0.29) is 5.91 Å². The smallest absolute Gasteiger partial charge is 0.245 e. The molecule has 0 aliphatic carbocycles. The molecular formula is C15H22ClN3O. The highest BCUT2D eigenvalue weighted by Gasteiger charge is 2.41. The number of piperidine rings is 1. The van der Waals surface area contributed by atoms with Crippen molar-refractivity contribution in [1.82, 2.24) is 10.2 Å². The van der Waals surface area contributed by atoms with E-state index in [1.165, 1.54) is 0 Å². The van der Waals surface area contributed by atoms with Gasteiger partial charge < -0.3 is 10.6 Å². The number of anilines is 1. The highest BCUT2D eigenvalue weighted by molar-refractivity contribution is 6.34. The van der Waals surface area contributed by atoms with Crippen LogP contribution < -0.4 is 10.6 Å². The van der Waals surface area contributed by atoms with Gasteiger partial charge in [-0.25, -0.2) is 0 Å². The first-order valence-electron chi connectivity index (χ1n) is 6.92. The van der Waals surface area contributed by atoms with Gasteiger partial charge in [-0.2, -0.15) is 0 Å². The van der Waals surface area contributed by atoms with Gasteiger partial charge in [0, 0.05) is 0 Å². The lowest BCUT2D eigenvalue weighted by Crippen LogP contribution is -2.59. The number of carbonyl (C=O) groups excluding carboxylic acids is 1. The molecule has 0 unspecified atom stereocenters. The first-order chi connectivity index (χ1) is 9.47. The fourth-order valence-electron chi connectivity index (χ4n) is 2.74. The van der Waals surface area contributed by atoms with Gasteiger partial charge in [0.1, 0.15) is 5.54 Å². The van der Waals surface area contributed by atoms with Gasteiger partial charge in [0.2, 0.25) is 5.91 Å². The molecule has 5 heteroatoms. The molecule has 110 valence electrons. The Hall–Kier alpha value is -1.10. The van der Waals surface area contributed by atoms with E-state index in [0.29, 0.717) is 5.02 Å². The summed E-state index contributed by atoms with van der Waals surface area (Å²) in [5.41, 5.74) is 1.24. The molecule has 1 fully saturated rings. The van der Waals surface area contributed by atoms with Crippen molar-refractivity contribution in [3.8, 4) is 0 Å². The number of para-hydroxylation sites is 1. The maximum Gasteiger partial charge on any atom is 0.245 e. The average molecular weight is 296 g/mol. The molecule has 4 nitrogen and oxygen atoms in total. The van der Waals surface area contributed by atoms with Crippen molar-refractivity contribution < 1.29 is 4.79 Å². The second-order valence-electron chi connectivity index (χ2n) is 5.56. The molecule has 1 heterocycles. The predicted octanol–water partition coefficient (Wildman–Crippen LogP) is 2.27. The van der Waals surface area contributed by atoms with Gasteiger partial charge in [0.15, 0.2) is 0 Å². The third-order valence-corrected chi connectivity index (χ3v) is 4.48. The molecule has 1 amide bonds. The van der Waals surface area contributed by atoms with Crippen LogP contribution in [0.2, 0.25) is 5.02 Å². The minimum absolute atomic E-state index is 0.0280. The molecule has 2 N–H and O–H groups in total. The second kappa shape index (κ2) is 6.12. The highest BCUT2D eigenvalue weighted by atomic mass is 35.5. The summed E-state index contributed by atoms with van der Waals surface area (Å²) in [7, 11) is 3.93. The van der Waals surface area contributed by atoms with Crippen molar-refractivity contribution in [3.63, 3.8) is 0 Å². The van der Waals surface area contributed by atoms with Crippen LogP contribution >= 0.6 is 11.6 Å². The lowest BCUT2D eigenvalue weighted by molar-refractivity contribution is -0.128. The zero-order valence-electron chi connectivity index (χ0n) is 12.3. The Labute approximate surface area is 125 Å². The first-order valence-corrected chi connectivity index (χ1v) is 7.30. The summed E-state index contributed by atoms with van der Waals surface area (Å²) in [4.78, 5) is 14.8. The van der Waals surface area contributed by atoms with Gasteiger partial charge >= 0.3 is 0 Å². The van der Waals surface area contributed by atoms with Crippen molar-refractivity contribution >= 4 is 23.2 Å². The van der Waals surface area contributed by atoms with E-state index in [2.05, 4.69) is 10.6 Å². The Morgan fingerprint density at radius 1 is 1.35 bits per heavy atom. The van der Waals surface area contributed by atoms with Crippen LogP contribution in [-0.2, 0) is 4.79 Å². The van der Waals surface area contributed by atoms with Crippen LogP contribution in [0.4, 0.5) is 5.69 Å². The van der Waals surface area contributed by atoms with Crippen LogP contribution in [0.1, 0.15) is 18.4 Å². The van der Waals surface area contributed by atoms with E-state index in [1.807, 2.05) is 38.1 Å². The number of likely N-dealkylation sites (N-methyl/N-ethyl adjacent to an activating group) is 1. The zero-order valence-corrected chi connectivity index (χ0v) is 13.0. The molecule has 1 aliphatic rings. The van der Waals surface area contributed by atoms with Crippen molar-refractivity contribution in [1.29, 1.82) is 0 Å². The van der Waals surface area contributed by atoms with Crippen molar-refractivity contribution in [3.05, 3.63) is 28.8 Å². The van der Waals surface area contributed by atoms with Gasteiger partial charge in [0.05, 0.1) is 10.7 Å². The molecule has 0 radical (unpaired) electrons. The van der Waals surface area contributed by atoms with E-state index in [9.17, 15) is 4.79 Å². The van der Waals surface area contributed by atoms with Gasteiger partial charge in [0.25, 0.3) is 0 Å². The highest BCUT2D eigenvalue weighted by Crippen LogP contribution is 2.30. The number of hydrogen-bond acceptors (Lipinski definition) is 3. The number of rotatable bonds is 3.